The number of likely N-dealkylation sites (tertiary alicyclic amines) is 1. The molecule has 0 spiro atoms. The number of tetrazole rings is 1. The fourth-order valence-corrected chi connectivity index (χ4v) is 7.48. The summed E-state index contributed by atoms with van der Waals surface area (Å²) >= 11 is 0. The van der Waals surface area contributed by atoms with Crippen molar-refractivity contribution >= 4 is 21.7 Å². The van der Waals surface area contributed by atoms with Gasteiger partial charge in [-0.2, -0.15) is 5.21 Å². The molecule has 1 aliphatic heterocycles. The van der Waals surface area contributed by atoms with Gasteiger partial charge in [-0.05, 0) is 83.2 Å². The first-order valence-electron chi connectivity index (χ1n) is 13.9. The van der Waals surface area contributed by atoms with Gasteiger partial charge in [0.05, 0.1) is 11.0 Å². The summed E-state index contributed by atoms with van der Waals surface area (Å²) in [5.41, 5.74) is 1.04. The molecule has 1 saturated carbocycles. The number of sulfone groups is 1. The molecule has 2 fully saturated rings. The molecule has 12 heteroatoms. The van der Waals surface area contributed by atoms with Crippen molar-refractivity contribution in [3.63, 3.8) is 0 Å². The fourth-order valence-electron chi connectivity index (χ4n) is 6.14. The Bertz CT molecular complexity index is 1250. The number of carbonyl (C=O) groups excluding carboxylic acids is 2. The van der Waals surface area contributed by atoms with Crippen LogP contribution < -0.4 is 5.32 Å². The Morgan fingerprint density at radius 3 is 2.62 bits per heavy atom. The summed E-state index contributed by atoms with van der Waals surface area (Å²) in [6.07, 6.45) is 2.90. The predicted octanol–water partition coefficient (Wildman–Crippen LogP) is 2.29. The van der Waals surface area contributed by atoms with Crippen molar-refractivity contribution in [3.8, 4) is 11.4 Å². The van der Waals surface area contributed by atoms with Gasteiger partial charge in [0.2, 0.25) is 11.7 Å². The molecule has 1 aliphatic carbocycles. The zero-order valence-electron chi connectivity index (χ0n) is 23.5. The molecular weight excluding hydrogens is 518 g/mol. The molecule has 1 aromatic carbocycles. The molecule has 1 aromatic heterocycles. The lowest BCUT2D eigenvalue weighted by Gasteiger charge is -2.45. The maximum Gasteiger partial charge on any atom is 0.251 e. The van der Waals surface area contributed by atoms with E-state index in [4.69, 9.17) is 0 Å². The zero-order chi connectivity index (χ0) is 28.3. The van der Waals surface area contributed by atoms with Crippen LogP contribution >= 0.6 is 0 Å². The molecule has 1 saturated heterocycles. The number of carbonyl (C=O) groups is 2. The minimum absolute atomic E-state index is 0.0746. The maximum absolute atomic E-state index is 13.6. The fraction of sp³-hybridized carbons (Fsp3) is 0.667. The van der Waals surface area contributed by atoms with Crippen LogP contribution in [-0.2, 0) is 14.6 Å². The molecule has 2 aliphatic rings. The van der Waals surface area contributed by atoms with Gasteiger partial charge < -0.3 is 10.2 Å². The van der Waals surface area contributed by atoms with E-state index in [1.165, 1.54) is 0 Å². The van der Waals surface area contributed by atoms with Crippen LogP contribution in [0.15, 0.2) is 24.3 Å². The van der Waals surface area contributed by atoms with Crippen LogP contribution in [0.3, 0.4) is 0 Å². The lowest BCUT2D eigenvalue weighted by molar-refractivity contribution is -0.133. The Hall–Kier alpha value is -2.86. The second-order valence-electron chi connectivity index (χ2n) is 11.3. The Balaban J connectivity index is 1.48. The molecule has 2 amide bonds. The zero-order valence-corrected chi connectivity index (χ0v) is 24.3. The lowest BCUT2D eigenvalue weighted by Crippen LogP contribution is -2.54. The number of rotatable bonds is 10. The van der Waals surface area contributed by atoms with E-state index in [2.05, 4.69) is 51.6 Å². The van der Waals surface area contributed by atoms with Crippen molar-refractivity contribution in [1.29, 1.82) is 0 Å². The largest absolute Gasteiger partial charge is 0.340 e. The van der Waals surface area contributed by atoms with Gasteiger partial charge in [-0.15, -0.1) is 10.2 Å². The second-order valence-corrected chi connectivity index (χ2v) is 13.9. The van der Waals surface area contributed by atoms with Crippen LogP contribution in [0.2, 0.25) is 0 Å². The van der Waals surface area contributed by atoms with Crippen LogP contribution in [0.25, 0.3) is 11.4 Å². The SMILES string of the molecule is CCN(C(C)C)[C@@H]1CC[C@H](N2CC[C@H](NC(=O)c3cccc(-c4nn[nH]n4)c3)C2=O)[C@@H](CS(=O)(=O)C(C)C)C1. The van der Waals surface area contributed by atoms with Crippen LogP contribution in [0.5, 0.6) is 0 Å². The Kier molecular flexibility index (Phi) is 9.05. The highest BCUT2D eigenvalue weighted by molar-refractivity contribution is 7.91. The summed E-state index contributed by atoms with van der Waals surface area (Å²) in [6, 6.07) is 6.72. The number of nitrogens with one attached hydrogen (secondary N) is 2. The molecule has 0 unspecified atom stereocenters. The third-order valence-electron chi connectivity index (χ3n) is 8.25. The first kappa shape index (κ1) is 29.1. The Labute approximate surface area is 231 Å². The van der Waals surface area contributed by atoms with E-state index >= 15 is 0 Å². The lowest BCUT2D eigenvalue weighted by atomic mass is 9.80. The average Bonchev–Trinajstić information content (AvgIpc) is 3.55. The summed E-state index contributed by atoms with van der Waals surface area (Å²) in [5.74, 6) is -0.174. The van der Waals surface area contributed by atoms with E-state index in [0.29, 0.717) is 42.0 Å². The Morgan fingerprint density at radius 1 is 1.21 bits per heavy atom. The number of hydrogen-bond acceptors (Lipinski definition) is 8. The monoisotopic (exact) mass is 559 g/mol. The number of benzene rings is 1. The van der Waals surface area contributed by atoms with E-state index < -0.39 is 21.1 Å². The van der Waals surface area contributed by atoms with Crippen molar-refractivity contribution in [2.45, 2.75) is 89.7 Å². The van der Waals surface area contributed by atoms with Gasteiger partial charge in [-0.25, -0.2) is 8.42 Å². The standard InChI is InChI=1S/C27H41N7O4S/c1-6-33(17(2)3)22-10-11-24(21(15-22)16-39(37,38)18(4)5)34-13-12-23(27(34)36)28-26(35)20-9-7-8-19(14-20)25-29-31-32-30-25/h7-9,14,17-18,21-24H,6,10-13,15-16H2,1-5H3,(H,28,35)(H,29,30,31,32)/t21-,22-,23+,24+/m1/s1. The van der Waals surface area contributed by atoms with Crippen molar-refractivity contribution < 1.29 is 18.0 Å². The van der Waals surface area contributed by atoms with Crippen molar-refractivity contribution in [2.24, 2.45) is 5.92 Å². The second kappa shape index (κ2) is 12.1. The highest BCUT2D eigenvalue weighted by Gasteiger charge is 2.44. The topological polar surface area (TPSA) is 141 Å². The van der Waals surface area contributed by atoms with Gasteiger partial charge in [0.1, 0.15) is 6.04 Å². The highest BCUT2D eigenvalue weighted by Crippen LogP contribution is 2.35. The van der Waals surface area contributed by atoms with Crippen molar-refractivity contribution in [3.05, 3.63) is 29.8 Å². The number of aromatic nitrogens is 4. The van der Waals surface area contributed by atoms with Crippen LogP contribution in [0, 0.1) is 5.92 Å². The molecule has 4 atom stereocenters. The molecule has 11 nitrogen and oxygen atoms in total. The third kappa shape index (κ3) is 6.49. The first-order chi connectivity index (χ1) is 18.5. The first-order valence-corrected chi connectivity index (χ1v) is 15.7. The van der Waals surface area contributed by atoms with Crippen LogP contribution in [0.4, 0.5) is 0 Å². The summed E-state index contributed by atoms with van der Waals surface area (Å²) in [5, 5.41) is 16.3. The van der Waals surface area contributed by atoms with E-state index in [-0.39, 0.29) is 29.5 Å². The van der Waals surface area contributed by atoms with Gasteiger partial charge in [0.15, 0.2) is 9.84 Å². The smallest absolute Gasteiger partial charge is 0.251 e. The summed E-state index contributed by atoms with van der Waals surface area (Å²) in [6.45, 7) is 11.3. The van der Waals surface area contributed by atoms with Crippen LogP contribution in [-0.4, -0.2) is 98.9 Å². The molecule has 2 aromatic rings. The molecule has 4 rings (SSSR count). The number of H-pyrrole nitrogens is 1. The number of amides is 2. The average molecular weight is 560 g/mol. The van der Waals surface area contributed by atoms with Gasteiger partial charge in [0.25, 0.3) is 5.91 Å². The summed E-state index contributed by atoms with van der Waals surface area (Å²) in [7, 11) is -3.29. The van der Waals surface area contributed by atoms with E-state index in [0.717, 1.165) is 25.8 Å². The Morgan fingerprint density at radius 2 is 1.97 bits per heavy atom. The molecule has 0 bridgehead atoms. The minimum Gasteiger partial charge on any atom is -0.340 e. The normalized spacial score (nSPS) is 24.2. The van der Waals surface area contributed by atoms with E-state index in [1.54, 1.807) is 38.1 Å². The molecule has 214 valence electrons. The predicted molar refractivity (Wildman–Crippen MR) is 149 cm³/mol. The molecule has 39 heavy (non-hydrogen) atoms. The van der Waals surface area contributed by atoms with E-state index in [1.807, 2.05) is 4.90 Å². The van der Waals surface area contributed by atoms with Gasteiger partial charge in [-0.1, -0.05) is 19.1 Å². The summed E-state index contributed by atoms with van der Waals surface area (Å²) in [4.78, 5) is 30.9. The maximum atomic E-state index is 13.6. The van der Waals surface area contributed by atoms with Crippen molar-refractivity contribution in [1.82, 2.24) is 35.7 Å². The van der Waals surface area contributed by atoms with Gasteiger partial charge in [-0.3, -0.25) is 14.5 Å². The number of aromatic amines is 1. The number of nitrogens with zero attached hydrogens (tertiary/aromatic N) is 5. The molecule has 2 N–H and O–H groups in total. The molecular formula is C27H41N7O4S. The molecule has 0 radical (unpaired) electrons. The molecule has 2 heterocycles. The van der Waals surface area contributed by atoms with Crippen molar-refractivity contribution in [2.75, 3.05) is 18.8 Å². The quantitative estimate of drug-likeness (QED) is 0.452. The van der Waals surface area contributed by atoms with Crippen LogP contribution in [0.1, 0.15) is 70.7 Å². The van der Waals surface area contributed by atoms with Gasteiger partial charge >= 0.3 is 0 Å². The number of hydrogen-bond donors (Lipinski definition) is 2. The highest BCUT2D eigenvalue weighted by atomic mass is 32.2. The van der Waals surface area contributed by atoms with E-state index in [9.17, 15) is 18.0 Å². The summed E-state index contributed by atoms with van der Waals surface area (Å²) < 4.78 is 26.0. The van der Waals surface area contributed by atoms with Gasteiger partial charge in [0, 0.05) is 35.8 Å². The minimum atomic E-state index is -3.29. The third-order valence-corrected chi connectivity index (χ3v) is 10.6.